The summed E-state index contributed by atoms with van der Waals surface area (Å²) in [5.41, 5.74) is 1.93. The van der Waals surface area contributed by atoms with Crippen molar-refractivity contribution in [1.82, 2.24) is 0 Å². The summed E-state index contributed by atoms with van der Waals surface area (Å²) < 4.78 is 5.71. The van der Waals surface area contributed by atoms with Crippen molar-refractivity contribution in [3.05, 3.63) is 35.6 Å². The van der Waals surface area contributed by atoms with E-state index in [1.807, 2.05) is 43.0 Å². The van der Waals surface area contributed by atoms with Crippen molar-refractivity contribution in [2.24, 2.45) is 5.92 Å². The first kappa shape index (κ1) is 10.9. The lowest BCUT2D eigenvalue weighted by Gasteiger charge is -2.02. The number of rotatable bonds is 2. The molecule has 1 unspecified atom stereocenters. The van der Waals surface area contributed by atoms with E-state index in [9.17, 15) is 4.79 Å². The first-order chi connectivity index (χ1) is 8.25. The monoisotopic (exact) mass is 246 g/mol. The molecule has 2 aromatic rings. The Morgan fingerprint density at radius 1 is 1.47 bits per heavy atom. The molecule has 2 heterocycles. The van der Waals surface area contributed by atoms with Gasteiger partial charge in [-0.2, -0.15) is 11.8 Å². The highest BCUT2D eigenvalue weighted by molar-refractivity contribution is 7.99. The summed E-state index contributed by atoms with van der Waals surface area (Å²) in [6, 6.07) is 7.87. The molecule has 0 amide bonds. The van der Waals surface area contributed by atoms with Gasteiger partial charge in [0.25, 0.3) is 0 Å². The quantitative estimate of drug-likeness (QED) is 0.757. The van der Waals surface area contributed by atoms with E-state index in [2.05, 4.69) is 0 Å². The number of fused-ring (bicyclic) bond motifs is 1. The molecule has 0 spiro atoms. The van der Waals surface area contributed by atoms with E-state index >= 15 is 0 Å². The Hall–Kier alpha value is -1.22. The number of carbonyl (C=O) groups excluding carboxylic acids is 1. The fourth-order valence-corrected chi connectivity index (χ4v) is 3.49. The molecule has 1 saturated heterocycles. The zero-order valence-electron chi connectivity index (χ0n) is 9.73. The predicted molar refractivity (Wildman–Crippen MR) is 70.7 cm³/mol. The molecule has 1 aromatic heterocycles. The van der Waals surface area contributed by atoms with Crippen LogP contribution in [0.3, 0.4) is 0 Å². The summed E-state index contributed by atoms with van der Waals surface area (Å²) in [5.74, 6) is 2.89. The lowest BCUT2D eigenvalue weighted by Crippen LogP contribution is -2.12. The molecule has 0 radical (unpaired) electrons. The van der Waals surface area contributed by atoms with E-state index in [-0.39, 0.29) is 11.7 Å². The number of carbonyl (C=O) groups is 1. The number of Topliss-reactive ketones (excluding diaryl/α,β-unsaturated/α-hetero) is 1. The van der Waals surface area contributed by atoms with Crippen LogP contribution in [-0.4, -0.2) is 17.3 Å². The summed E-state index contributed by atoms with van der Waals surface area (Å²) in [5, 5.41) is 1.03. The van der Waals surface area contributed by atoms with E-state index in [4.69, 9.17) is 4.42 Å². The second-order valence-electron chi connectivity index (χ2n) is 4.53. The van der Waals surface area contributed by atoms with Crippen LogP contribution in [0, 0.1) is 12.8 Å². The Bertz CT molecular complexity index is 565. The second kappa shape index (κ2) is 4.22. The molecule has 2 nitrogen and oxygen atoms in total. The van der Waals surface area contributed by atoms with Crippen LogP contribution in [0.15, 0.2) is 28.7 Å². The van der Waals surface area contributed by atoms with Crippen molar-refractivity contribution in [2.45, 2.75) is 13.3 Å². The average molecular weight is 246 g/mol. The number of thioether (sulfide) groups is 1. The molecule has 3 rings (SSSR count). The van der Waals surface area contributed by atoms with Gasteiger partial charge in [0.15, 0.2) is 5.76 Å². The molecule has 17 heavy (non-hydrogen) atoms. The van der Waals surface area contributed by atoms with Crippen LogP contribution in [0.25, 0.3) is 11.0 Å². The number of ketones is 1. The number of benzene rings is 1. The lowest BCUT2D eigenvalue weighted by atomic mass is 10.0. The zero-order valence-corrected chi connectivity index (χ0v) is 10.5. The van der Waals surface area contributed by atoms with Gasteiger partial charge in [0, 0.05) is 17.1 Å². The van der Waals surface area contributed by atoms with Crippen LogP contribution in [0.2, 0.25) is 0 Å². The van der Waals surface area contributed by atoms with Gasteiger partial charge in [-0.3, -0.25) is 4.79 Å². The molecule has 3 heteroatoms. The predicted octanol–water partition coefficient (Wildman–Crippen LogP) is 3.68. The first-order valence-corrected chi connectivity index (χ1v) is 7.02. The van der Waals surface area contributed by atoms with E-state index in [0.29, 0.717) is 5.76 Å². The molecule has 88 valence electrons. The van der Waals surface area contributed by atoms with Gasteiger partial charge in [-0.05, 0) is 30.7 Å². The van der Waals surface area contributed by atoms with Gasteiger partial charge in [0.1, 0.15) is 5.58 Å². The van der Waals surface area contributed by atoms with Gasteiger partial charge < -0.3 is 4.42 Å². The highest BCUT2D eigenvalue weighted by atomic mass is 32.2. The van der Waals surface area contributed by atoms with Crippen molar-refractivity contribution < 1.29 is 9.21 Å². The Kier molecular flexibility index (Phi) is 2.71. The minimum Gasteiger partial charge on any atom is -0.453 e. The largest absolute Gasteiger partial charge is 0.453 e. The Morgan fingerprint density at radius 3 is 3.06 bits per heavy atom. The molecule has 0 saturated carbocycles. The van der Waals surface area contributed by atoms with Crippen molar-refractivity contribution in [2.75, 3.05) is 11.5 Å². The summed E-state index contributed by atoms with van der Waals surface area (Å²) in [4.78, 5) is 12.2. The maximum atomic E-state index is 12.2. The van der Waals surface area contributed by atoms with Gasteiger partial charge in [-0.15, -0.1) is 0 Å². The molecule has 1 fully saturated rings. The zero-order chi connectivity index (χ0) is 11.8. The summed E-state index contributed by atoms with van der Waals surface area (Å²) in [6.07, 6.45) is 0.986. The maximum Gasteiger partial charge on any atom is 0.201 e. The minimum absolute atomic E-state index is 0.154. The van der Waals surface area contributed by atoms with E-state index in [1.54, 1.807) is 0 Å². The Balaban J connectivity index is 2.00. The number of hydrogen-bond donors (Lipinski definition) is 0. The third-order valence-corrected chi connectivity index (χ3v) is 4.45. The van der Waals surface area contributed by atoms with Crippen molar-refractivity contribution in [1.29, 1.82) is 0 Å². The highest BCUT2D eigenvalue weighted by Crippen LogP contribution is 2.29. The molecule has 1 aliphatic rings. The standard InChI is InChI=1S/C14H14O2S/c1-9-3-2-4-10-7-12(16-14(9)10)13(15)11-5-6-17-8-11/h2-4,7,11H,5-6,8H2,1H3. The SMILES string of the molecule is Cc1cccc2cc(C(=O)C3CCSC3)oc12. The van der Waals surface area contributed by atoms with Crippen LogP contribution in [0.4, 0.5) is 0 Å². The molecule has 1 aromatic carbocycles. The van der Waals surface area contributed by atoms with Crippen molar-refractivity contribution in [3.63, 3.8) is 0 Å². The van der Waals surface area contributed by atoms with Gasteiger partial charge in [0.05, 0.1) is 0 Å². The smallest absolute Gasteiger partial charge is 0.201 e. The second-order valence-corrected chi connectivity index (χ2v) is 5.68. The first-order valence-electron chi connectivity index (χ1n) is 5.87. The van der Waals surface area contributed by atoms with Crippen LogP contribution in [-0.2, 0) is 0 Å². The molecule has 0 bridgehead atoms. The van der Waals surface area contributed by atoms with Gasteiger partial charge in [0.2, 0.25) is 5.78 Å². The number of para-hydroxylation sites is 1. The Morgan fingerprint density at radius 2 is 2.35 bits per heavy atom. The van der Waals surface area contributed by atoms with Gasteiger partial charge in [-0.1, -0.05) is 18.2 Å². The Labute approximate surface area is 104 Å². The summed E-state index contributed by atoms with van der Waals surface area (Å²) >= 11 is 1.85. The van der Waals surface area contributed by atoms with Crippen LogP contribution >= 0.6 is 11.8 Å². The molecule has 0 N–H and O–H groups in total. The highest BCUT2D eigenvalue weighted by Gasteiger charge is 2.26. The number of hydrogen-bond acceptors (Lipinski definition) is 3. The molecule has 0 aliphatic carbocycles. The van der Waals surface area contributed by atoms with E-state index in [0.717, 1.165) is 34.5 Å². The molecular formula is C14H14O2S. The lowest BCUT2D eigenvalue weighted by molar-refractivity contribution is 0.0908. The van der Waals surface area contributed by atoms with Crippen molar-refractivity contribution >= 4 is 28.5 Å². The average Bonchev–Trinajstić information content (AvgIpc) is 2.98. The number of furan rings is 1. The third kappa shape index (κ3) is 1.89. The minimum atomic E-state index is 0.154. The summed E-state index contributed by atoms with van der Waals surface area (Å²) in [7, 11) is 0. The summed E-state index contributed by atoms with van der Waals surface area (Å²) in [6.45, 7) is 2.01. The number of aryl methyl sites for hydroxylation is 1. The topological polar surface area (TPSA) is 30.2 Å². The van der Waals surface area contributed by atoms with Gasteiger partial charge >= 0.3 is 0 Å². The molecular weight excluding hydrogens is 232 g/mol. The molecule has 1 atom stereocenters. The molecule has 1 aliphatic heterocycles. The van der Waals surface area contributed by atoms with Crippen LogP contribution in [0.1, 0.15) is 22.5 Å². The van der Waals surface area contributed by atoms with E-state index in [1.165, 1.54) is 0 Å². The van der Waals surface area contributed by atoms with Crippen molar-refractivity contribution in [3.8, 4) is 0 Å². The van der Waals surface area contributed by atoms with Gasteiger partial charge in [-0.25, -0.2) is 0 Å². The third-order valence-electron chi connectivity index (χ3n) is 3.28. The maximum absolute atomic E-state index is 12.2. The normalized spacial score (nSPS) is 19.9. The van der Waals surface area contributed by atoms with Crippen LogP contribution in [0.5, 0.6) is 0 Å². The van der Waals surface area contributed by atoms with E-state index < -0.39 is 0 Å². The fraction of sp³-hybridized carbons (Fsp3) is 0.357. The fourth-order valence-electron chi connectivity index (χ4n) is 2.27. The van der Waals surface area contributed by atoms with Crippen LogP contribution < -0.4 is 0 Å².